The fourth-order valence-corrected chi connectivity index (χ4v) is 4.18. The lowest BCUT2D eigenvalue weighted by atomic mass is 10.1. The molecule has 2 unspecified atom stereocenters. The number of ether oxygens (including phenoxy) is 1. The van der Waals surface area contributed by atoms with Crippen molar-refractivity contribution in [2.45, 2.75) is 24.5 Å². The van der Waals surface area contributed by atoms with Gasteiger partial charge in [-0.15, -0.1) is 11.3 Å². The maximum absolute atomic E-state index is 12.0. The van der Waals surface area contributed by atoms with E-state index in [4.69, 9.17) is 16.3 Å². The SMILES string of the molecule is CC(C(=O)NS(=O)(=O)C1CCOC1)c1ccc(Cl)s1. The molecule has 1 aliphatic rings. The van der Waals surface area contributed by atoms with Gasteiger partial charge in [0.15, 0.2) is 0 Å². The fraction of sp³-hybridized carbons (Fsp3) is 0.545. The first-order valence-corrected chi connectivity index (χ1v) is 8.52. The molecule has 8 heteroatoms. The van der Waals surface area contributed by atoms with Gasteiger partial charge in [-0.2, -0.15) is 0 Å². The maximum atomic E-state index is 12.0. The van der Waals surface area contributed by atoms with Crippen molar-refractivity contribution in [2.75, 3.05) is 13.2 Å². The van der Waals surface area contributed by atoms with E-state index in [2.05, 4.69) is 4.72 Å². The number of sulfonamides is 1. The van der Waals surface area contributed by atoms with Crippen LogP contribution in [-0.2, 0) is 19.6 Å². The minimum atomic E-state index is -3.66. The summed E-state index contributed by atoms with van der Waals surface area (Å²) in [4.78, 5) is 12.7. The number of carbonyl (C=O) groups is 1. The summed E-state index contributed by atoms with van der Waals surface area (Å²) in [6.07, 6.45) is 0.418. The molecular weight excluding hydrogens is 310 g/mol. The Balaban J connectivity index is 2.04. The smallest absolute Gasteiger partial charge is 0.241 e. The van der Waals surface area contributed by atoms with E-state index in [1.54, 1.807) is 19.1 Å². The molecule has 1 amide bonds. The van der Waals surface area contributed by atoms with Crippen LogP contribution in [0.15, 0.2) is 12.1 Å². The Kier molecular flexibility index (Phi) is 4.50. The molecule has 1 aromatic rings. The van der Waals surface area contributed by atoms with E-state index < -0.39 is 27.1 Å². The van der Waals surface area contributed by atoms with E-state index in [9.17, 15) is 13.2 Å². The van der Waals surface area contributed by atoms with Crippen LogP contribution < -0.4 is 4.72 Å². The van der Waals surface area contributed by atoms with E-state index in [-0.39, 0.29) is 6.61 Å². The third-order valence-corrected chi connectivity index (χ3v) is 6.13. The number of hydrogen-bond acceptors (Lipinski definition) is 5. The zero-order valence-corrected chi connectivity index (χ0v) is 12.6. The highest BCUT2D eigenvalue weighted by molar-refractivity contribution is 7.90. The van der Waals surface area contributed by atoms with Crippen molar-refractivity contribution in [1.29, 1.82) is 0 Å². The Morgan fingerprint density at radius 2 is 2.32 bits per heavy atom. The molecular formula is C11H14ClNO4S2. The third-order valence-electron chi connectivity index (χ3n) is 2.98. The minimum Gasteiger partial charge on any atom is -0.380 e. The lowest BCUT2D eigenvalue weighted by Gasteiger charge is -2.14. The number of halogens is 1. The zero-order chi connectivity index (χ0) is 14.0. The molecule has 1 aliphatic heterocycles. The molecule has 1 aromatic heterocycles. The Bertz CT molecular complexity index is 563. The summed E-state index contributed by atoms with van der Waals surface area (Å²) in [6, 6.07) is 3.41. The van der Waals surface area contributed by atoms with Crippen LogP contribution >= 0.6 is 22.9 Å². The average molecular weight is 324 g/mol. The summed E-state index contributed by atoms with van der Waals surface area (Å²) in [5.41, 5.74) is 0. The van der Waals surface area contributed by atoms with Crippen molar-refractivity contribution in [2.24, 2.45) is 0 Å². The molecule has 106 valence electrons. The Morgan fingerprint density at radius 1 is 1.58 bits per heavy atom. The summed E-state index contributed by atoms with van der Waals surface area (Å²) in [7, 11) is -3.66. The van der Waals surface area contributed by atoms with Gasteiger partial charge in [0, 0.05) is 11.5 Å². The molecule has 0 bridgehead atoms. The molecule has 0 saturated carbocycles. The molecule has 1 saturated heterocycles. The van der Waals surface area contributed by atoms with E-state index >= 15 is 0 Å². The highest BCUT2D eigenvalue weighted by Crippen LogP contribution is 2.28. The van der Waals surface area contributed by atoms with Crippen molar-refractivity contribution >= 4 is 38.9 Å². The Morgan fingerprint density at radius 3 is 2.84 bits per heavy atom. The molecule has 2 rings (SSSR count). The zero-order valence-electron chi connectivity index (χ0n) is 10.3. The van der Waals surface area contributed by atoms with Gasteiger partial charge in [-0.05, 0) is 25.5 Å². The first-order chi connectivity index (χ1) is 8.90. The highest BCUT2D eigenvalue weighted by atomic mass is 35.5. The minimum absolute atomic E-state index is 0.141. The highest BCUT2D eigenvalue weighted by Gasteiger charge is 2.32. The van der Waals surface area contributed by atoms with Crippen molar-refractivity contribution in [3.63, 3.8) is 0 Å². The lowest BCUT2D eigenvalue weighted by molar-refractivity contribution is -0.120. The second kappa shape index (κ2) is 5.78. The van der Waals surface area contributed by atoms with Gasteiger partial charge in [-0.3, -0.25) is 9.52 Å². The Hall–Kier alpha value is -0.630. The predicted octanol–water partition coefficient (Wildman–Crippen LogP) is 1.74. The van der Waals surface area contributed by atoms with Gasteiger partial charge in [0.05, 0.1) is 16.9 Å². The van der Waals surface area contributed by atoms with Crippen molar-refractivity contribution in [3.05, 3.63) is 21.3 Å². The third kappa shape index (κ3) is 3.47. The summed E-state index contributed by atoms with van der Waals surface area (Å²) in [6.45, 7) is 2.20. The van der Waals surface area contributed by atoms with Crippen LogP contribution in [0.4, 0.5) is 0 Å². The number of nitrogens with one attached hydrogen (secondary N) is 1. The largest absolute Gasteiger partial charge is 0.380 e. The van der Waals surface area contributed by atoms with Crippen LogP contribution in [0.2, 0.25) is 4.34 Å². The Labute approximate surface area is 121 Å². The molecule has 19 heavy (non-hydrogen) atoms. The van der Waals surface area contributed by atoms with Crippen molar-refractivity contribution in [3.8, 4) is 0 Å². The van der Waals surface area contributed by atoms with Crippen LogP contribution in [-0.4, -0.2) is 32.8 Å². The van der Waals surface area contributed by atoms with Gasteiger partial charge in [0.1, 0.15) is 5.25 Å². The molecule has 0 aromatic carbocycles. The summed E-state index contributed by atoms with van der Waals surface area (Å²) in [5.74, 6) is -1.08. The molecule has 0 radical (unpaired) electrons. The topological polar surface area (TPSA) is 72.5 Å². The monoisotopic (exact) mass is 323 g/mol. The first-order valence-electron chi connectivity index (χ1n) is 5.78. The summed E-state index contributed by atoms with van der Waals surface area (Å²) >= 11 is 7.07. The number of hydrogen-bond donors (Lipinski definition) is 1. The first kappa shape index (κ1) is 14.8. The lowest BCUT2D eigenvalue weighted by Crippen LogP contribution is -2.40. The van der Waals surface area contributed by atoms with Crippen LogP contribution in [0, 0.1) is 0 Å². The number of carbonyl (C=O) groups excluding carboxylic acids is 1. The number of amides is 1. The molecule has 2 atom stereocenters. The predicted molar refractivity (Wildman–Crippen MR) is 74.0 cm³/mol. The summed E-state index contributed by atoms with van der Waals surface area (Å²) < 4.78 is 31.6. The maximum Gasteiger partial charge on any atom is 0.241 e. The van der Waals surface area contributed by atoms with Gasteiger partial charge in [-0.1, -0.05) is 11.6 Å². The standard InChI is InChI=1S/C11H14ClNO4S2/c1-7(9-2-3-10(12)18-9)11(14)13-19(15,16)8-4-5-17-6-8/h2-3,7-8H,4-6H2,1H3,(H,13,14). The molecule has 1 N–H and O–H groups in total. The van der Waals surface area contributed by atoms with Crippen molar-refractivity contribution in [1.82, 2.24) is 4.72 Å². The van der Waals surface area contributed by atoms with E-state index in [1.165, 1.54) is 11.3 Å². The van der Waals surface area contributed by atoms with Gasteiger partial charge < -0.3 is 4.74 Å². The van der Waals surface area contributed by atoms with E-state index in [1.807, 2.05) is 0 Å². The molecule has 0 spiro atoms. The van der Waals surface area contributed by atoms with Crippen LogP contribution in [0.5, 0.6) is 0 Å². The van der Waals surface area contributed by atoms with E-state index in [0.717, 1.165) is 4.88 Å². The van der Waals surface area contributed by atoms with Crippen LogP contribution in [0.25, 0.3) is 0 Å². The van der Waals surface area contributed by atoms with E-state index in [0.29, 0.717) is 17.4 Å². The molecule has 1 fully saturated rings. The average Bonchev–Trinajstić information content (AvgIpc) is 2.97. The van der Waals surface area contributed by atoms with Crippen LogP contribution in [0.3, 0.4) is 0 Å². The fourth-order valence-electron chi connectivity index (χ4n) is 1.76. The quantitative estimate of drug-likeness (QED) is 0.916. The van der Waals surface area contributed by atoms with Crippen molar-refractivity contribution < 1.29 is 17.9 Å². The van der Waals surface area contributed by atoms with Gasteiger partial charge in [0.2, 0.25) is 15.9 Å². The summed E-state index contributed by atoms with van der Waals surface area (Å²) in [5, 5.41) is -0.643. The molecule has 2 heterocycles. The van der Waals surface area contributed by atoms with Gasteiger partial charge in [0.25, 0.3) is 0 Å². The van der Waals surface area contributed by atoms with Gasteiger partial charge >= 0.3 is 0 Å². The van der Waals surface area contributed by atoms with Gasteiger partial charge in [-0.25, -0.2) is 8.42 Å². The second-order valence-electron chi connectivity index (χ2n) is 4.36. The number of rotatable bonds is 4. The normalized spacial score (nSPS) is 21.3. The molecule has 0 aliphatic carbocycles. The van der Waals surface area contributed by atoms with Crippen LogP contribution in [0.1, 0.15) is 24.1 Å². The number of thiophene rings is 1. The molecule has 5 nitrogen and oxygen atoms in total. The second-order valence-corrected chi connectivity index (χ2v) is 8.07.